The molecule has 2 saturated heterocycles. The number of aromatic nitrogens is 2. The molecule has 0 aliphatic carbocycles. The van der Waals surface area contributed by atoms with E-state index in [0.717, 1.165) is 31.9 Å². The molecule has 1 atom stereocenters. The Morgan fingerprint density at radius 1 is 1.15 bits per heavy atom. The number of rotatable bonds is 8. The number of amides is 1. The van der Waals surface area contributed by atoms with Gasteiger partial charge in [0.15, 0.2) is 5.82 Å². The highest BCUT2D eigenvalue weighted by molar-refractivity contribution is 6.30. The summed E-state index contributed by atoms with van der Waals surface area (Å²) in [5.74, 6) is 0.823. The number of methoxy groups -OCH3 is 1. The van der Waals surface area contributed by atoms with Crippen LogP contribution in [0.1, 0.15) is 18.0 Å². The number of halogens is 2. The summed E-state index contributed by atoms with van der Waals surface area (Å²) in [5, 5.41) is 8.17. The van der Waals surface area contributed by atoms with Crippen molar-refractivity contribution in [1.82, 2.24) is 14.9 Å². The number of piperazine rings is 1. The average molecular weight is 568 g/mol. The second-order valence-electron chi connectivity index (χ2n) is 9.61. The van der Waals surface area contributed by atoms with E-state index < -0.39 is 5.82 Å². The van der Waals surface area contributed by atoms with E-state index in [2.05, 4.69) is 44.0 Å². The molecule has 0 spiro atoms. The summed E-state index contributed by atoms with van der Waals surface area (Å²) in [6, 6.07) is 9.63. The lowest BCUT2D eigenvalue weighted by atomic mass is 10.0. The standard InChI is InChI=1S/C28H31ClFN7O3/c1-4-28(38)34-21-14-22(25(39-3)15-24(21)36-8-6-35(2)7-9-36)33-26-16-27(32-17-31-26)37-23(5-10-40-37)18-11-19(29)13-20(30)12-18/h4,11-17,23H,1,5-10H2,2-3H3,(H,34,38)(H,31,32,33). The fourth-order valence-corrected chi connectivity index (χ4v) is 5.10. The molecule has 210 valence electrons. The van der Waals surface area contributed by atoms with E-state index in [4.69, 9.17) is 21.2 Å². The molecule has 10 nitrogen and oxygen atoms in total. The fraction of sp³-hybridized carbons (Fsp3) is 0.321. The van der Waals surface area contributed by atoms with Gasteiger partial charge in [-0.3, -0.25) is 9.63 Å². The molecular formula is C28H31ClFN7O3. The van der Waals surface area contributed by atoms with E-state index in [1.54, 1.807) is 24.3 Å². The van der Waals surface area contributed by atoms with Crippen molar-refractivity contribution in [1.29, 1.82) is 0 Å². The molecule has 0 bridgehead atoms. The number of ether oxygens (including phenoxy) is 1. The highest BCUT2D eigenvalue weighted by Gasteiger charge is 2.30. The molecule has 3 aromatic rings. The molecule has 2 fully saturated rings. The Hall–Kier alpha value is -3.93. The SMILES string of the molecule is C=CC(=O)Nc1cc(Nc2cc(N3OCCC3c3cc(F)cc(Cl)c3)ncn2)c(OC)cc1N1CCN(C)CC1. The van der Waals surface area contributed by atoms with Crippen molar-refractivity contribution in [2.24, 2.45) is 0 Å². The van der Waals surface area contributed by atoms with Gasteiger partial charge in [-0.25, -0.2) is 19.4 Å². The second kappa shape index (κ2) is 12.1. The van der Waals surface area contributed by atoms with Crippen LogP contribution < -0.4 is 25.3 Å². The van der Waals surface area contributed by atoms with Crippen LogP contribution in [0.5, 0.6) is 5.75 Å². The highest BCUT2D eigenvalue weighted by Crippen LogP contribution is 2.40. The number of carbonyl (C=O) groups excluding carboxylic acids is 1. The fourth-order valence-electron chi connectivity index (χ4n) is 4.87. The zero-order valence-electron chi connectivity index (χ0n) is 22.4. The largest absolute Gasteiger partial charge is 0.494 e. The van der Waals surface area contributed by atoms with Crippen LogP contribution in [0.3, 0.4) is 0 Å². The van der Waals surface area contributed by atoms with Gasteiger partial charge in [-0.15, -0.1) is 0 Å². The van der Waals surface area contributed by atoms with Crippen LogP contribution >= 0.6 is 11.6 Å². The number of carbonyl (C=O) groups is 1. The number of nitrogens with zero attached hydrogens (tertiary/aromatic N) is 5. The van der Waals surface area contributed by atoms with Crippen LogP contribution in [0.15, 0.2) is 55.4 Å². The van der Waals surface area contributed by atoms with Crippen molar-refractivity contribution in [3.8, 4) is 5.75 Å². The molecule has 2 N–H and O–H groups in total. The first-order chi connectivity index (χ1) is 19.3. The van der Waals surface area contributed by atoms with Gasteiger partial charge < -0.3 is 25.2 Å². The lowest BCUT2D eigenvalue weighted by molar-refractivity contribution is -0.111. The first kappa shape index (κ1) is 27.6. The zero-order valence-corrected chi connectivity index (χ0v) is 23.1. The normalized spacial score (nSPS) is 17.6. The molecule has 1 unspecified atom stereocenters. The summed E-state index contributed by atoms with van der Waals surface area (Å²) in [7, 11) is 3.68. The number of anilines is 5. The van der Waals surface area contributed by atoms with Crippen LogP contribution in [0, 0.1) is 5.82 Å². The molecule has 5 rings (SSSR count). The molecule has 12 heteroatoms. The van der Waals surface area contributed by atoms with E-state index in [0.29, 0.717) is 52.4 Å². The molecule has 2 aromatic carbocycles. The Labute approximate surface area is 237 Å². The summed E-state index contributed by atoms with van der Waals surface area (Å²) in [4.78, 5) is 31.4. The van der Waals surface area contributed by atoms with Gasteiger partial charge >= 0.3 is 0 Å². The lowest BCUT2D eigenvalue weighted by Crippen LogP contribution is -2.44. The van der Waals surface area contributed by atoms with Gasteiger partial charge in [0, 0.05) is 49.8 Å². The minimum Gasteiger partial charge on any atom is -0.494 e. The van der Waals surface area contributed by atoms with E-state index in [1.165, 1.54) is 24.5 Å². The first-order valence-electron chi connectivity index (χ1n) is 12.9. The predicted octanol–water partition coefficient (Wildman–Crippen LogP) is 4.78. The van der Waals surface area contributed by atoms with Gasteiger partial charge in [-0.05, 0) is 43.0 Å². The van der Waals surface area contributed by atoms with Crippen molar-refractivity contribution < 1.29 is 18.8 Å². The van der Waals surface area contributed by atoms with Gasteiger partial charge in [0.1, 0.15) is 23.7 Å². The molecule has 0 radical (unpaired) electrons. The van der Waals surface area contributed by atoms with Crippen LogP contribution in [-0.4, -0.2) is 67.7 Å². The first-order valence-corrected chi connectivity index (χ1v) is 13.3. The maximum atomic E-state index is 14.1. The minimum atomic E-state index is -0.411. The van der Waals surface area contributed by atoms with Crippen molar-refractivity contribution >= 4 is 46.2 Å². The Kier molecular flexibility index (Phi) is 8.34. The van der Waals surface area contributed by atoms with E-state index in [-0.39, 0.29) is 11.9 Å². The summed E-state index contributed by atoms with van der Waals surface area (Å²) in [6.07, 6.45) is 3.29. The Morgan fingerprint density at radius 3 is 2.67 bits per heavy atom. The van der Waals surface area contributed by atoms with Crippen LogP contribution in [0.25, 0.3) is 0 Å². The van der Waals surface area contributed by atoms with Gasteiger partial charge in [0.25, 0.3) is 0 Å². The number of benzene rings is 2. The predicted molar refractivity (Wildman–Crippen MR) is 154 cm³/mol. The van der Waals surface area contributed by atoms with Crippen LogP contribution in [-0.2, 0) is 9.63 Å². The van der Waals surface area contributed by atoms with Crippen molar-refractivity contribution in [3.63, 3.8) is 0 Å². The minimum absolute atomic E-state index is 0.269. The maximum Gasteiger partial charge on any atom is 0.247 e. The summed E-state index contributed by atoms with van der Waals surface area (Å²) >= 11 is 6.10. The zero-order chi connectivity index (χ0) is 28.2. The quantitative estimate of drug-likeness (QED) is 0.373. The van der Waals surface area contributed by atoms with Crippen LogP contribution in [0.4, 0.5) is 33.1 Å². The van der Waals surface area contributed by atoms with E-state index in [9.17, 15) is 9.18 Å². The Morgan fingerprint density at radius 2 is 1.95 bits per heavy atom. The van der Waals surface area contributed by atoms with Crippen molar-refractivity contribution in [2.45, 2.75) is 12.5 Å². The molecule has 1 amide bonds. The molecule has 40 heavy (non-hydrogen) atoms. The van der Waals surface area contributed by atoms with Gasteiger partial charge in [0.2, 0.25) is 5.91 Å². The topological polar surface area (TPSA) is 95.1 Å². The van der Waals surface area contributed by atoms with E-state index in [1.807, 2.05) is 12.1 Å². The maximum absolute atomic E-state index is 14.1. The Balaban J connectivity index is 1.44. The second-order valence-corrected chi connectivity index (χ2v) is 10.0. The monoisotopic (exact) mass is 567 g/mol. The number of hydroxylamine groups is 1. The smallest absolute Gasteiger partial charge is 0.247 e. The third-order valence-electron chi connectivity index (χ3n) is 6.92. The van der Waals surface area contributed by atoms with Gasteiger partial charge in [0.05, 0.1) is 36.8 Å². The lowest BCUT2D eigenvalue weighted by Gasteiger charge is -2.35. The van der Waals surface area contributed by atoms with Gasteiger partial charge in [-0.1, -0.05) is 18.2 Å². The summed E-state index contributed by atoms with van der Waals surface area (Å²) in [5.41, 5.74) is 2.77. The van der Waals surface area contributed by atoms with Crippen molar-refractivity contribution in [3.05, 3.63) is 71.8 Å². The molecule has 2 aliphatic rings. The third-order valence-corrected chi connectivity index (χ3v) is 7.14. The molecular weight excluding hydrogens is 537 g/mol. The average Bonchev–Trinajstić information content (AvgIpc) is 3.44. The number of nitrogens with one attached hydrogen (secondary N) is 2. The van der Waals surface area contributed by atoms with Gasteiger partial charge in [-0.2, -0.15) is 0 Å². The molecule has 2 aliphatic heterocycles. The van der Waals surface area contributed by atoms with E-state index >= 15 is 0 Å². The molecule has 1 aromatic heterocycles. The number of likely N-dealkylation sites (N-methyl/N-ethyl adjacent to an activating group) is 1. The third kappa shape index (κ3) is 6.11. The number of hydrogen-bond donors (Lipinski definition) is 2. The molecule has 0 saturated carbocycles. The Bertz CT molecular complexity index is 1380. The highest BCUT2D eigenvalue weighted by atomic mass is 35.5. The molecule has 3 heterocycles. The number of hydrogen-bond acceptors (Lipinski definition) is 9. The summed E-state index contributed by atoms with van der Waals surface area (Å²) in [6.45, 7) is 7.46. The van der Waals surface area contributed by atoms with Crippen LogP contribution in [0.2, 0.25) is 5.02 Å². The van der Waals surface area contributed by atoms with Crippen molar-refractivity contribution in [2.75, 3.05) is 67.5 Å². The summed E-state index contributed by atoms with van der Waals surface area (Å²) < 4.78 is 19.8.